The molecule has 7 nitrogen and oxygen atoms in total. The molecule has 2 aromatic rings. The highest BCUT2D eigenvalue weighted by Gasteiger charge is 2.31. The first kappa shape index (κ1) is 27.0. The lowest BCUT2D eigenvalue weighted by Gasteiger charge is -2.33. The van der Waals surface area contributed by atoms with E-state index in [1.165, 1.54) is 11.3 Å². The molecule has 0 radical (unpaired) electrons. The predicted octanol–water partition coefficient (Wildman–Crippen LogP) is 4.01. The maximum Gasteiger partial charge on any atom is 0.244 e. The summed E-state index contributed by atoms with van der Waals surface area (Å²) >= 11 is 6.26. The molecule has 1 N–H and O–H groups in total. The van der Waals surface area contributed by atoms with E-state index >= 15 is 0 Å². The number of anilines is 1. The van der Waals surface area contributed by atoms with Crippen LogP contribution in [0.15, 0.2) is 54.6 Å². The van der Waals surface area contributed by atoms with Crippen LogP contribution < -0.4 is 9.62 Å². The second-order valence-electron chi connectivity index (χ2n) is 9.06. The summed E-state index contributed by atoms with van der Waals surface area (Å²) in [5.74, 6) is -0.681. The number of benzene rings is 2. The summed E-state index contributed by atoms with van der Waals surface area (Å²) in [7, 11) is -3.80. The number of amides is 2. The van der Waals surface area contributed by atoms with E-state index in [0.717, 1.165) is 41.8 Å². The molecule has 2 amide bonds. The standard InChI is InChI=1S/C26H34ClN3O4S/c1-20(26(32)28-22-13-7-4-8-14-22)29(18-17-21-11-5-3-6-12-21)25(31)19-30(35(2,33)34)24-16-10-9-15-23(24)27/h3,5-6,9-12,15-16,20,22H,4,7-8,13-14,17-19H2,1-2H3,(H,28,32). The van der Waals surface area contributed by atoms with Crippen LogP contribution >= 0.6 is 11.6 Å². The highest BCUT2D eigenvalue weighted by Crippen LogP contribution is 2.27. The van der Waals surface area contributed by atoms with Gasteiger partial charge in [0.25, 0.3) is 0 Å². The number of para-hydroxylation sites is 1. The fourth-order valence-electron chi connectivity index (χ4n) is 4.39. The van der Waals surface area contributed by atoms with Crippen LogP contribution in [0.3, 0.4) is 0 Å². The van der Waals surface area contributed by atoms with Gasteiger partial charge in [0.05, 0.1) is 17.0 Å². The van der Waals surface area contributed by atoms with Crippen molar-refractivity contribution in [1.82, 2.24) is 10.2 Å². The van der Waals surface area contributed by atoms with Gasteiger partial charge in [0, 0.05) is 12.6 Å². The predicted molar refractivity (Wildman–Crippen MR) is 140 cm³/mol. The van der Waals surface area contributed by atoms with Gasteiger partial charge in [0.2, 0.25) is 21.8 Å². The fraction of sp³-hybridized carbons (Fsp3) is 0.462. The Morgan fingerprint density at radius 2 is 1.66 bits per heavy atom. The molecule has 1 aliphatic carbocycles. The molecule has 1 saturated carbocycles. The van der Waals surface area contributed by atoms with Gasteiger partial charge < -0.3 is 10.2 Å². The van der Waals surface area contributed by atoms with Gasteiger partial charge in [-0.1, -0.05) is 73.3 Å². The van der Waals surface area contributed by atoms with Crippen molar-refractivity contribution in [3.05, 3.63) is 65.2 Å². The third-order valence-electron chi connectivity index (χ3n) is 6.40. The molecule has 190 valence electrons. The normalized spacial score (nSPS) is 15.3. The molecule has 1 atom stereocenters. The topological polar surface area (TPSA) is 86.8 Å². The van der Waals surface area contributed by atoms with Crippen molar-refractivity contribution >= 4 is 39.1 Å². The number of hydrogen-bond acceptors (Lipinski definition) is 4. The number of rotatable bonds is 10. The number of nitrogens with zero attached hydrogens (tertiary/aromatic N) is 2. The smallest absolute Gasteiger partial charge is 0.244 e. The third kappa shape index (κ3) is 7.70. The van der Waals surface area contributed by atoms with E-state index < -0.39 is 28.5 Å². The molecule has 2 aromatic carbocycles. The minimum Gasteiger partial charge on any atom is -0.352 e. The molecular weight excluding hydrogens is 486 g/mol. The van der Waals surface area contributed by atoms with Gasteiger partial charge in [0.15, 0.2) is 0 Å². The van der Waals surface area contributed by atoms with Gasteiger partial charge in [-0.3, -0.25) is 13.9 Å². The van der Waals surface area contributed by atoms with Crippen molar-refractivity contribution in [3.63, 3.8) is 0 Å². The molecule has 3 rings (SSSR count). The lowest BCUT2D eigenvalue weighted by Crippen LogP contribution is -2.53. The van der Waals surface area contributed by atoms with E-state index in [2.05, 4.69) is 5.32 Å². The maximum absolute atomic E-state index is 13.5. The highest BCUT2D eigenvalue weighted by molar-refractivity contribution is 7.92. The number of sulfonamides is 1. The summed E-state index contributed by atoms with van der Waals surface area (Å²) in [5.41, 5.74) is 1.25. The average Bonchev–Trinajstić information content (AvgIpc) is 2.83. The van der Waals surface area contributed by atoms with Gasteiger partial charge in [-0.25, -0.2) is 8.42 Å². The first-order valence-corrected chi connectivity index (χ1v) is 14.3. The Morgan fingerprint density at radius 1 is 1.03 bits per heavy atom. The molecule has 0 saturated heterocycles. The SMILES string of the molecule is CC(C(=O)NC1CCCCC1)N(CCc1ccccc1)C(=O)CN(c1ccccc1Cl)S(C)(=O)=O. The van der Waals surface area contributed by atoms with E-state index in [4.69, 9.17) is 11.6 Å². The van der Waals surface area contributed by atoms with Gasteiger partial charge in [-0.05, 0) is 43.9 Å². The first-order valence-electron chi connectivity index (χ1n) is 12.0. The summed E-state index contributed by atoms with van der Waals surface area (Å²) in [6.07, 6.45) is 6.78. The van der Waals surface area contributed by atoms with Crippen molar-refractivity contribution in [2.24, 2.45) is 0 Å². The Balaban J connectivity index is 1.82. The van der Waals surface area contributed by atoms with Gasteiger partial charge in [0.1, 0.15) is 12.6 Å². The lowest BCUT2D eigenvalue weighted by molar-refractivity contribution is -0.139. The molecule has 1 fully saturated rings. The summed E-state index contributed by atoms with van der Waals surface area (Å²) in [6.45, 7) is 1.53. The molecule has 35 heavy (non-hydrogen) atoms. The first-order chi connectivity index (χ1) is 16.7. The van der Waals surface area contributed by atoms with Crippen LogP contribution in [-0.4, -0.2) is 56.6 Å². The van der Waals surface area contributed by atoms with Gasteiger partial charge >= 0.3 is 0 Å². The van der Waals surface area contributed by atoms with Crippen molar-refractivity contribution in [1.29, 1.82) is 0 Å². The Morgan fingerprint density at radius 3 is 2.29 bits per heavy atom. The van der Waals surface area contributed by atoms with Crippen molar-refractivity contribution in [2.45, 2.75) is 57.5 Å². The lowest BCUT2D eigenvalue weighted by atomic mass is 9.95. The quantitative estimate of drug-likeness (QED) is 0.513. The number of nitrogens with one attached hydrogen (secondary N) is 1. The van der Waals surface area contributed by atoms with Crippen LogP contribution in [0.5, 0.6) is 0 Å². The molecule has 1 unspecified atom stereocenters. The zero-order valence-corrected chi connectivity index (χ0v) is 21.9. The second-order valence-corrected chi connectivity index (χ2v) is 11.4. The Labute approximate surface area is 213 Å². The molecule has 9 heteroatoms. The molecule has 0 heterocycles. The number of hydrogen-bond donors (Lipinski definition) is 1. The molecule has 0 aromatic heterocycles. The molecule has 0 bridgehead atoms. The van der Waals surface area contributed by atoms with E-state index in [9.17, 15) is 18.0 Å². The second kappa shape index (κ2) is 12.4. The van der Waals surface area contributed by atoms with Crippen molar-refractivity contribution in [3.8, 4) is 0 Å². The van der Waals surface area contributed by atoms with Crippen LogP contribution in [0.1, 0.15) is 44.6 Å². The van der Waals surface area contributed by atoms with E-state index in [1.54, 1.807) is 31.2 Å². The van der Waals surface area contributed by atoms with Gasteiger partial charge in [-0.2, -0.15) is 0 Å². The largest absolute Gasteiger partial charge is 0.352 e. The average molecular weight is 520 g/mol. The van der Waals surface area contributed by atoms with E-state index in [1.807, 2.05) is 30.3 Å². The molecule has 0 spiro atoms. The van der Waals surface area contributed by atoms with Crippen LogP contribution in [0.25, 0.3) is 0 Å². The summed E-state index contributed by atoms with van der Waals surface area (Å²) in [5, 5.41) is 3.32. The minimum atomic E-state index is -3.80. The molecule has 1 aliphatic rings. The molecular formula is C26H34ClN3O4S. The summed E-state index contributed by atoms with van der Waals surface area (Å²) < 4.78 is 26.2. The van der Waals surface area contributed by atoms with Crippen LogP contribution in [0.2, 0.25) is 5.02 Å². The Hall–Kier alpha value is -2.58. The number of carbonyl (C=O) groups excluding carboxylic acids is 2. The van der Waals surface area contributed by atoms with Crippen molar-refractivity contribution < 1.29 is 18.0 Å². The highest BCUT2D eigenvalue weighted by atomic mass is 35.5. The van der Waals surface area contributed by atoms with Crippen molar-refractivity contribution in [2.75, 3.05) is 23.7 Å². The Bertz CT molecular complexity index is 1100. The number of carbonyl (C=O) groups is 2. The van der Waals surface area contributed by atoms with E-state index in [-0.39, 0.29) is 29.2 Å². The van der Waals surface area contributed by atoms with E-state index in [0.29, 0.717) is 6.42 Å². The maximum atomic E-state index is 13.5. The zero-order chi connectivity index (χ0) is 25.4. The van der Waals surface area contributed by atoms with Crippen LogP contribution in [-0.2, 0) is 26.0 Å². The summed E-state index contributed by atoms with van der Waals surface area (Å²) in [6, 6.07) is 15.5. The summed E-state index contributed by atoms with van der Waals surface area (Å²) in [4.78, 5) is 28.1. The molecule has 0 aliphatic heterocycles. The van der Waals surface area contributed by atoms with Gasteiger partial charge in [-0.15, -0.1) is 0 Å². The zero-order valence-electron chi connectivity index (χ0n) is 20.3. The van der Waals surface area contributed by atoms with Crippen LogP contribution in [0, 0.1) is 0 Å². The monoisotopic (exact) mass is 519 g/mol. The fourth-order valence-corrected chi connectivity index (χ4v) is 5.54. The third-order valence-corrected chi connectivity index (χ3v) is 7.85. The Kier molecular flexibility index (Phi) is 9.57. The minimum absolute atomic E-state index is 0.111. The number of halogens is 1. The van der Waals surface area contributed by atoms with Crippen LogP contribution in [0.4, 0.5) is 5.69 Å².